The van der Waals surface area contributed by atoms with Crippen LogP contribution in [0.2, 0.25) is 0 Å². The first-order chi connectivity index (χ1) is 23.8. The molecule has 2 fully saturated rings. The maximum atomic E-state index is 14.1. The van der Waals surface area contributed by atoms with Crippen LogP contribution in [0, 0.1) is 18.8 Å². The van der Waals surface area contributed by atoms with Crippen molar-refractivity contribution in [2.45, 2.75) is 65.0 Å². The third-order valence-electron chi connectivity index (χ3n) is 9.46. The van der Waals surface area contributed by atoms with Crippen molar-refractivity contribution in [1.29, 1.82) is 0 Å². The number of carbonyl (C=O) groups is 1. The smallest absolute Gasteiger partial charge is 0.416 e. The molecule has 1 aliphatic carbocycles. The molecule has 272 valence electrons. The second-order valence-corrected chi connectivity index (χ2v) is 13.1. The summed E-state index contributed by atoms with van der Waals surface area (Å²) in [6.07, 6.45) is -2.37. The third-order valence-corrected chi connectivity index (χ3v) is 9.46. The fraction of sp³-hybridized carbons (Fsp3) is 0.528. The van der Waals surface area contributed by atoms with Gasteiger partial charge in [-0.2, -0.15) is 26.3 Å². The highest BCUT2D eigenvalue weighted by molar-refractivity contribution is 5.57. The van der Waals surface area contributed by atoms with Crippen molar-refractivity contribution in [3.8, 4) is 0 Å². The predicted octanol–water partition coefficient (Wildman–Crippen LogP) is 7.67. The Hall–Kier alpha value is -4.07. The number of carbonyl (C=O) groups excluding carboxylic acids is 1. The molecule has 0 atom stereocenters. The van der Waals surface area contributed by atoms with Crippen LogP contribution in [0.25, 0.3) is 0 Å². The van der Waals surface area contributed by atoms with Crippen LogP contribution >= 0.6 is 0 Å². The normalized spacial score (nSPS) is 18.5. The van der Waals surface area contributed by atoms with Gasteiger partial charge in [0.15, 0.2) is 0 Å². The Balaban J connectivity index is 1.48. The monoisotopic (exact) mass is 707 g/mol. The van der Waals surface area contributed by atoms with Crippen LogP contribution in [0.5, 0.6) is 0 Å². The van der Waals surface area contributed by atoms with Gasteiger partial charge in [-0.3, -0.25) is 4.79 Å². The number of morpholine rings is 1. The third kappa shape index (κ3) is 9.79. The lowest BCUT2D eigenvalue weighted by Gasteiger charge is -2.35. The Morgan fingerprint density at radius 1 is 0.880 bits per heavy atom. The lowest BCUT2D eigenvalue weighted by molar-refractivity contribution is -0.138. The average molecular weight is 708 g/mol. The van der Waals surface area contributed by atoms with Crippen molar-refractivity contribution in [2.75, 3.05) is 60.7 Å². The number of aryl methyl sites for hydroxylation is 1. The van der Waals surface area contributed by atoms with Crippen molar-refractivity contribution in [2.24, 2.45) is 11.8 Å². The van der Waals surface area contributed by atoms with Crippen molar-refractivity contribution in [3.63, 3.8) is 0 Å². The van der Waals surface area contributed by atoms with Gasteiger partial charge in [0.05, 0.1) is 49.0 Å². The molecule has 0 unspecified atom stereocenters. The highest BCUT2D eigenvalue weighted by Crippen LogP contribution is 2.37. The van der Waals surface area contributed by atoms with E-state index in [1.807, 2.05) is 6.92 Å². The Bertz CT molecular complexity index is 1560. The van der Waals surface area contributed by atoms with E-state index in [1.165, 1.54) is 6.07 Å². The van der Waals surface area contributed by atoms with E-state index in [4.69, 9.17) is 9.47 Å². The molecule has 0 radical (unpaired) electrons. The molecule has 2 aromatic carbocycles. The molecular formula is C36H43F6N5O3. The number of benzene rings is 2. The quantitative estimate of drug-likeness (QED) is 0.133. The molecule has 8 nitrogen and oxygen atoms in total. The number of rotatable bonds is 13. The molecule has 14 heteroatoms. The number of halogens is 6. The van der Waals surface area contributed by atoms with E-state index in [-0.39, 0.29) is 30.9 Å². The Kier molecular flexibility index (Phi) is 12.1. The highest BCUT2D eigenvalue weighted by atomic mass is 19.4. The molecule has 1 aliphatic heterocycles. The van der Waals surface area contributed by atoms with Gasteiger partial charge in [0.25, 0.3) is 6.47 Å². The van der Waals surface area contributed by atoms with E-state index in [2.05, 4.69) is 19.8 Å². The van der Waals surface area contributed by atoms with Gasteiger partial charge in [-0.25, -0.2) is 9.97 Å². The van der Waals surface area contributed by atoms with Crippen LogP contribution in [0.15, 0.2) is 48.8 Å². The predicted molar refractivity (Wildman–Crippen MR) is 178 cm³/mol. The minimum absolute atomic E-state index is 0.0731. The van der Waals surface area contributed by atoms with E-state index >= 15 is 0 Å². The largest absolute Gasteiger partial charge is 0.468 e. The average Bonchev–Trinajstić information content (AvgIpc) is 3.09. The maximum Gasteiger partial charge on any atom is 0.416 e. The van der Waals surface area contributed by atoms with Gasteiger partial charge < -0.3 is 24.2 Å². The number of anilines is 3. The summed E-state index contributed by atoms with van der Waals surface area (Å²) in [6, 6.07) is 7.44. The van der Waals surface area contributed by atoms with Gasteiger partial charge in [-0.1, -0.05) is 11.6 Å². The lowest BCUT2D eigenvalue weighted by Crippen LogP contribution is -2.36. The van der Waals surface area contributed by atoms with Crippen LogP contribution in [-0.2, 0) is 39.7 Å². The summed E-state index contributed by atoms with van der Waals surface area (Å²) in [5.74, 6) is 0.757. The van der Waals surface area contributed by atoms with Crippen LogP contribution in [-0.4, -0.2) is 62.4 Å². The molecule has 1 saturated heterocycles. The number of hydrogen-bond donors (Lipinski definition) is 0. The summed E-state index contributed by atoms with van der Waals surface area (Å²) >= 11 is 0. The molecule has 0 N–H and O–H groups in total. The highest BCUT2D eigenvalue weighted by Gasteiger charge is 2.33. The zero-order valence-corrected chi connectivity index (χ0v) is 28.3. The number of nitrogens with zero attached hydrogens (tertiary/aromatic N) is 5. The molecule has 0 bridgehead atoms. The first kappa shape index (κ1) is 37.2. The standard InChI is InChI=1S/C36H43F6N5O3/c1-3-45(20-26-4-6-27(7-5-26)23-50-24-48)33-9-8-30(35(37,38)39)17-29(33)22-47(21-28-14-25(2)15-31(16-28)36(40,41)42)34-43-18-32(19-44-34)46-10-12-49-13-11-46/h8-9,14-19,24,26-27H,3-7,10-13,20-23H2,1-2H3/t26-,27-. The molecular weight excluding hydrogens is 664 g/mol. The van der Waals surface area contributed by atoms with E-state index in [0.717, 1.165) is 55.6 Å². The van der Waals surface area contributed by atoms with Crippen molar-refractivity contribution < 1.29 is 40.6 Å². The van der Waals surface area contributed by atoms with Crippen molar-refractivity contribution in [1.82, 2.24) is 9.97 Å². The molecule has 2 heterocycles. The molecule has 1 aromatic heterocycles. The van der Waals surface area contributed by atoms with Crippen LogP contribution in [0.4, 0.5) is 43.7 Å². The second kappa shape index (κ2) is 16.3. The first-order valence-electron chi connectivity index (χ1n) is 16.9. The molecule has 50 heavy (non-hydrogen) atoms. The van der Waals surface area contributed by atoms with Gasteiger partial charge in [-0.15, -0.1) is 0 Å². The fourth-order valence-corrected chi connectivity index (χ4v) is 6.87. The number of aromatic nitrogens is 2. The number of alkyl halides is 6. The van der Waals surface area contributed by atoms with Gasteiger partial charge in [0.2, 0.25) is 5.95 Å². The molecule has 0 spiro atoms. The van der Waals surface area contributed by atoms with Gasteiger partial charge >= 0.3 is 12.4 Å². The molecule has 0 amide bonds. The molecule has 5 rings (SSSR count). The van der Waals surface area contributed by atoms with Crippen LogP contribution in [0.3, 0.4) is 0 Å². The minimum atomic E-state index is -4.61. The lowest BCUT2D eigenvalue weighted by atomic mass is 9.82. The van der Waals surface area contributed by atoms with Gasteiger partial charge in [0.1, 0.15) is 0 Å². The summed E-state index contributed by atoms with van der Waals surface area (Å²) in [4.78, 5) is 25.5. The summed E-state index contributed by atoms with van der Waals surface area (Å²) in [6.45, 7) is 7.73. The van der Waals surface area contributed by atoms with E-state index in [0.29, 0.717) is 74.8 Å². The second-order valence-electron chi connectivity index (χ2n) is 13.1. The number of ether oxygens (including phenoxy) is 2. The summed E-state index contributed by atoms with van der Waals surface area (Å²) in [7, 11) is 0. The zero-order valence-electron chi connectivity index (χ0n) is 28.3. The van der Waals surface area contributed by atoms with Crippen LogP contribution < -0.4 is 14.7 Å². The van der Waals surface area contributed by atoms with Crippen LogP contribution in [0.1, 0.15) is 60.4 Å². The fourth-order valence-electron chi connectivity index (χ4n) is 6.87. The van der Waals surface area contributed by atoms with E-state index < -0.39 is 23.5 Å². The Morgan fingerprint density at radius 3 is 2.16 bits per heavy atom. The Morgan fingerprint density at radius 2 is 1.54 bits per heavy atom. The Labute approximate surface area is 288 Å². The van der Waals surface area contributed by atoms with Gasteiger partial charge in [0, 0.05) is 45.0 Å². The van der Waals surface area contributed by atoms with Crippen molar-refractivity contribution in [3.05, 3.63) is 76.6 Å². The topological polar surface area (TPSA) is 71.0 Å². The van der Waals surface area contributed by atoms with E-state index in [1.54, 1.807) is 30.3 Å². The SMILES string of the molecule is CCN(C[C@H]1CC[C@H](COC=O)CC1)c1ccc(C(F)(F)F)cc1CN(Cc1cc(C)cc(C(F)(F)F)c1)c1ncc(N2CCOCC2)cn1. The molecule has 1 saturated carbocycles. The summed E-state index contributed by atoms with van der Waals surface area (Å²) < 4.78 is 94.1. The molecule has 3 aromatic rings. The van der Waals surface area contributed by atoms with E-state index in [9.17, 15) is 31.1 Å². The van der Waals surface area contributed by atoms with Crippen molar-refractivity contribution >= 4 is 23.8 Å². The zero-order chi connectivity index (χ0) is 35.9. The summed E-state index contributed by atoms with van der Waals surface area (Å²) in [5, 5.41) is 0. The number of hydrogen-bond acceptors (Lipinski definition) is 8. The maximum absolute atomic E-state index is 14.1. The van der Waals surface area contributed by atoms with Gasteiger partial charge in [-0.05, 0) is 92.8 Å². The minimum Gasteiger partial charge on any atom is -0.468 e. The molecule has 2 aliphatic rings. The summed E-state index contributed by atoms with van der Waals surface area (Å²) in [5.41, 5.74) is 0.830. The first-order valence-corrected chi connectivity index (χ1v) is 16.9.